The SMILES string of the molecule is O=C(C[C@@H](O)[C@@H]1O[C@H](COCc2ccccc2)[C@@H](OCc2ccccc2)[C@H](OCc2ccccc2)[C@H]1OCc1ccccc1)c1ccccc1. The van der Waals surface area contributed by atoms with Gasteiger partial charge in [0.25, 0.3) is 0 Å². The minimum absolute atomic E-state index is 0.154. The highest BCUT2D eigenvalue weighted by atomic mass is 16.6. The zero-order chi connectivity index (χ0) is 34.4. The molecular formula is C43H44O7. The highest BCUT2D eigenvalue weighted by Crippen LogP contribution is 2.33. The summed E-state index contributed by atoms with van der Waals surface area (Å²) in [4.78, 5) is 13.4. The van der Waals surface area contributed by atoms with Crippen LogP contribution in [-0.2, 0) is 50.1 Å². The van der Waals surface area contributed by atoms with Crippen molar-refractivity contribution < 1.29 is 33.6 Å². The number of benzene rings is 5. The van der Waals surface area contributed by atoms with E-state index in [1.54, 1.807) is 12.1 Å². The third-order valence-corrected chi connectivity index (χ3v) is 8.79. The molecule has 6 atom stereocenters. The van der Waals surface area contributed by atoms with Crippen LogP contribution in [0.2, 0.25) is 0 Å². The standard InChI is InChI=1S/C43H44O7/c44-37(36-24-14-5-15-25-36)26-38(45)40-42(48-29-34-20-10-3-11-21-34)43(49-30-35-22-12-4-13-23-35)41(47-28-33-18-8-2-9-19-33)39(50-40)31-46-27-32-16-6-1-7-17-32/h1-25,38-43,45H,26-31H2/t38-,39-,40+,41-,42+,43+/m1/s1. The van der Waals surface area contributed by atoms with Gasteiger partial charge in [-0.05, 0) is 22.3 Å². The van der Waals surface area contributed by atoms with Gasteiger partial charge < -0.3 is 28.8 Å². The summed E-state index contributed by atoms with van der Waals surface area (Å²) in [6.45, 7) is 1.37. The second-order valence-corrected chi connectivity index (χ2v) is 12.5. The van der Waals surface area contributed by atoms with Gasteiger partial charge in [-0.1, -0.05) is 152 Å². The number of aliphatic hydroxyl groups is 1. The lowest BCUT2D eigenvalue weighted by Crippen LogP contribution is -2.64. The molecule has 1 heterocycles. The maximum atomic E-state index is 13.4. The van der Waals surface area contributed by atoms with Crippen molar-refractivity contribution in [2.45, 2.75) is 69.5 Å². The van der Waals surface area contributed by atoms with Gasteiger partial charge in [-0.3, -0.25) is 4.79 Å². The smallest absolute Gasteiger partial charge is 0.165 e. The predicted octanol–water partition coefficient (Wildman–Crippen LogP) is 7.36. The number of ketones is 1. The Balaban J connectivity index is 1.32. The minimum Gasteiger partial charge on any atom is -0.390 e. The summed E-state index contributed by atoms with van der Waals surface area (Å²) in [7, 11) is 0. The first kappa shape index (κ1) is 35.4. The van der Waals surface area contributed by atoms with E-state index in [0.29, 0.717) is 18.8 Å². The molecule has 1 aliphatic heterocycles. The fourth-order valence-corrected chi connectivity index (χ4v) is 6.18. The van der Waals surface area contributed by atoms with Crippen LogP contribution in [0.5, 0.6) is 0 Å². The molecule has 0 aliphatic carbocycles. The van der Waals surface area contributed by atoms with Crippen molar-refractivity contribution in [3.05, 3.63) is 179 Å². The Bertz CT molecular complexity index is 1690. The summed E-state index contributed by atoms with van der Waals surface area (Å²) in [5, 5.41) is 11.8. The third kappa shape index (κ3) is 10.0. The molecule has 6 rings (SSSR count). The van der Waals surface area contributed by atoms with Gasteiger partial charge >= 0.3 is 0 Å². The molecule has 0 aromatic heterocycles. The molecule has 0 amide bonds. The normalized spacial score (nSPS) is 21.0. The van der Waals surface area contributed by atoms with Crippen LogP contribution in [0.1, 0.15) is 39.0 Å². The van der Waals surface area contributed by atoms with Crippen molar-refractivity contribution >= 4 is 5.78 Å². The van der Waals surface area contributed by atoms with Gasteiger partial charge in [0.05, 0.1) is 39.1 Å². The second-order valence-electron chi connectivity index (χ2n) is 12.5. The van der Waals surface area contributed by atoms with Crippen LogP contribution < -0.4 is 0 Å². The largest absolute Gasteiger partial charge is 0.390 e. The van der Waals surface area contributed by atoms with Crippen molar-refractivity contribution in [1.82, 2.24) is 0 Å². The summed E-state index contributed by atoms with van der Waals surface area (Å²) in [6.07, 6.45) is -5.03. The molecule has 1 fully saturated rings. The Morgan fingerprint density at radius 2 is 0.940 bits per heavy atom. The molecule has 7 heteroatoms. The Hall–Kier alpha value is -4.47. The van der Waals surface area contributed by atoms with E-state index >= 15 is 0 Å². The maximum absolute atomic E-state index is 13.4. The van der Waals surface area contributed by atoms with E-state index in [0.717, 1.165) is 22.3 Å². The molecule has 258 valence electrons. The molecular weight excluding hydrogens is 628 g/mol. The van der Waals surface area contributed by atoms with E-state index in [4.69, 9.17) is 23.7 Å². The van der Waals surface area contributed by atoms with Gasteiger partial charge in [0, 0.05) is 12.0 Å². The van der Waals surface area contributed by atoms with Crippen LogP contribution in [0.25, 0.3) is 0 Å². The number of carbonyl (C=O) groups is 1. The molecule has 5 aromatic rings. The Kier molecular flexibility index (Phi) is 13.1. The number of ether oxygens (including phenoxy) is 5. The highest BCUT2D eigenvalue weighted by Gasteiger charge is 2.50. The molecule has 0 spiro atoms. The van der Waals surface area contributed by atoms with Crippen LogP contribution in [0, 0.1) is 0 Å². The first-order valence-corrected chi connectivity index (χ1v) is 17.1. The number of hydrogen-bond donors (Lipinski definition) is 1. The Labute approximate surface area is 294 Å². The summed E-state index contributed by atoms with van der Waals surface area (Å²) in [5.41, 5.74) is 4.48. The summed E-state index contributed by atoms with van der Waals surface area (Å²) in [6, 6.07) is 48.6. The van der Waals surface area contributed by atoms with E-state index in [9.17, 15) is 9.90 Å². The quantitative estimate of drug-likeness (QED) is 0.103. The fraction of sp³-hybridized carbons (Fsp3) is 0.279. The third-order valence-electron chi connectivity index (χ3n) is 8.79. The van der Waals surface area contributed by atoms with Gasteiger partial charge in [0.2, 0.25) is 0 Å². The van der Waals surface area contributed by atoms with Crippen LogP contribution >= 0.6 is 0 Å². The van der Waals surface area contributed by atoms with Crippen molar-refractivity contribution in [1.29, 1.82) is 0 Å². The maximum Gasteiger partial charge on any atom is 0.165 e. The molecule has 5 aromatic carbocycles. The Morgan fingerprint density at radius 1 is 0.540 bits per heavy atom. The van der Waals surface area contributed by atoms with Crippen molar-refractivity contribution in [2.75, 3.05) is 6.61 Å². The van der Waals surface area contributed by atoms with Gasteiger partial charge in [-0.2, -0.15) is 0 Å². The number of hydrogen-bond acceptors (Lipinski definition) is 7. The predicted molar refractivity (Wildman–Crippen MR) is 191 cm³/mol. The number of Topliss-reactive ketones (excluding diaryl/α,β-unsaturated/α-hetero) is 1. The van der Waals surface area contributed by atoms with E-state index in [1.165, 1.54) is 0 Å². The molecule has 0 radical (unpaired) electrons. The fourth-order valence-electron chi connectivity index (χ4n) is 6.18. The molecule has 1 N–H and O–H groups in total. The van der Waals surface area contributed by atoms with Crippen LogP contribution in [0.4, 0.5) is 0 Å². The van der Waals surface area contributed by atoms with Crippen molar-refractivity contribution in [3.63, 3.8) is 0 Å². The first-order chi connectivity index (χ1) is 24.6. The molecule has 0 saturated carbocycles. The van der Waals surface area contributed by atoms with Gasteiger partial charge in [-0.15, -0.1) is 0 Å². The average Bonchev–Trinajstić information content (AvgIpc) is 3.17. The van der Waals surface area contributed by atoms with Crippen molar-refractivity contribution in [2.24, 2.45) is 0 Å². The topological polar surface area (TPSA) is 83.5 Å². The zero-order valence-electron chi connectivity index (χ0n) is 28.0. The molecule has 1 aliphatic rings. The van der Waals surface area contributed by atoms with E-state index in [1.807, 2.05) is 140 Å². The monoisotopic (exact) mass is 672 g/mol. The minimum atomic E-state index is -1.20. The zero-order valence-corrected chi connectivity index (χ0v) is 28.0. The summed E-state index contributed by atoms with van der Waals surface area (Å²) < 4.78 is 33.1. The lowest BCUT2D eigenvalue weighted by atomic mass is 9.89. The Morgan fingerprint density at radius 3 is 1.42 bits per heavy atom. The summed E-state index contributed by atoms with van der Waals surface area (Å²) >= 11 is 0. The second kappa shape index (κ2) is 18.5. The van der Waals surface area contributed by atoms with Crippen LogP contribution in [-0.4, -0.2) is 54.1 Å². The van der Waals surface area contributed by atoms with E-state index in [-0.39, 0.29) is 32.0 Å². The highest BCUT2D eigenvalue weighted by molar-refractivity contribution is 5.96. The van der Waals surface area contributed by atoms with Gasteiger partial charge in [-0.25, -0.2) is 0 Å². The van der Waals surface area contributed by atoms with Gasteiger partial charge in [0.1, 0.15) is 30.5 Å². The van der Waals surface area contributed by atoms with E-state index in [2.05, 4.69) is 0 Å². The number of rotatable bonds is 17. The average molecular weight is 673 g/mol. The molecule has 7 nitrogen and oxygen atoms in total. The van der Waals surface area contributed by atoms with Crippen LogP contribution in [0.3, 0.4) is 0 Å². The molecule has 1 saturated heterocycles. The number of carbonyl (C=O) groups excluding carboxylic acids is 1. The molecule has 0 bridgehead atoms. The lowest BCUT2D eigenvalue weighted by Gasteiger charge is -2.47. The molecule has 0 unspecified atom stereocenters. The molecule has 50 heavy (non-hydrogen) atoms. The first-order valence-electron chi connectivity index (χ1n) is 17.1. The summed E-state index contributed by atoms with van der Waals surface area (Å²) in [5.74, 6) is -0.190. The number of aliphatic hydroxyl groups excluding tert-OH is 1. The van der Waals surface area contributed by atoms with Crippen LogP contribution in [0.15, 0.2) is 152 Å². The van der Waals surface area contributed by atoms with E-state index < -0.39 is 36.6 Å². The van der Waals surface area contributed by atoms with Gasteiger partial charge in [0.15, 0.2) is 5.78 Å². The van der Waals surface area contributed by atoms with Crippen molar-refractivity contribution in [3.8, 4) is 0 Å². The lowest BCUT2D eigenvalue weighted by molar-refractivity contribution is -0.286.